The van der Waals surface area contributed by atoms with E-state index in [1.807, 2.05) is 0 Å². The molecule has 0 aliphatic heterocycles. The predicted molar refractivity (Wildman–Crippen MR) is 195 cm³/mol. The first kappa shape index (κ1) is 44.1. The summed E-state index contributed by atoms with van der Waals surface area (Å²) < 4.78 is 30.9. The third-order valence-corrected chi connectivity index (χ3v) is 10.5. The quantitative estimate of drug-likeness (QED) is 0.0493. The lowest BCUT2D eigenvalue weighted by molar-refractivity contribution is 0.108. The first-order valence-corrected chi connectivity index (χ1v) is 21.7. The Balaban J connectivity index is 4.07. The van der Waals surface area contributed by atoms with Crippen molar-refractivity contribution in [2.45, 2.75) is 233 Å². The van der Waals surface area contributed by atoms with Gasteiger partial charge in [-0.2, -0.15) is 0 Å². The van der Waals surface area contributed by atoms with Crippen LogP contribution in [-0.4, -0.2) is 19.8 Å². The van der Waals surface area contributed by atoms with Crippen LogP contribution in [0.3, 0.4) is 0 Å². The van der Waals surface area contributed by atoms with Crippen LogP contribution in [0, 0.1) is 0 Å². The number of rotatable bonds is 39. The van der Waals surface area contributed by atoms with Gasteiger partial charge in [0.1, 0.15) is 0 Å². The summed E-state index contributed by atoms with van der Waals surface area (Å²) in [5.74, 6) is 0. The Morgan fingerprint density at radius 1 is 0.273 bits per heavy atom. The van der Waals surface area contributed by atoms with E-state index in [1.165, 1.54) is 173 Å². The molecule has 0 saturated carbocycles. The molecular formula is C39H81O4P. The topological polar surface area (TPSA) is 44.8 Å². The van der Waals surface area contributed by atoms with Gasteiger partial charge in [0.05, 0.1) is 19.8 Å². The van der Waals surface area contributed by atoms with E-state index in [0.29, 0.717) is 19.8 Å². The summed E-state index contributed by atoms with van der Waals surface area (Å²) in [6.45, 7) is 8.26. The summed E-state index contributed by atoms with van der Waals surface area (Å²) in [7, 11) is -3.46. The van der Waals surface area contributed by atoms with Crippen molar-refractivity contribution in [3.8, 4) is 0 Å². The molecule has 0 aromatic heterocycles. The average molecular weight is 645 g/mol. The molecule has 0 bridgehead atoms. The van der Waals surface area contributed by atoms with Crippen LogP contribution in [0.1, 0.15) is 233 Å². The fourth-order valence-electron chi connectivity index (χ4n) is 5.94. The molecule has 0 aromatic carbocycles. The molecule has 266 valence electrons. The van der Waals surface area contributed by atoms with Crippen LogP contribution in [0.4, 0.5) is 0 Å². The van der Waals surface area contributed by atoms with Crippen molar-refractivity contribution in [2.75, 3.05) is 19.8 Å². The Morgan fingerprint density at radius 2 is 0.432 bits per heavy atom. The van der Waals surface area contributed by atoms with E-state index in [-0.39, 0.29) is 0 Å². The van der Waals surface area contributed by atoms with Crippen LogP contribution in [0.15, 0.2) is 0 Å². The molecule has 0 unspecified atom stereocenters. The maximum Gasteiger partial charge on any atom is 0.474 e. The molecule has 0 aliphatic carbocycles. The number of phosphoric ester groups is 1. The van der Waals surface area contributed by atoms with E-state index in [4.69, 9.17) is 13.6 Å². The zero-order valence-electron chi connectivity index (χ0n) is 30.5. The van der Waals surface area contributed by atoms with Gasteiger partial charge in [-0.1, -0.05) is 213 Å². The van der Waals surface area contributed by atoms with E-state index in [1.54, 1.807) is 0 Å². The predicted octanol–water partition coefficient (Wildman–Crippen LogP) is 15.1. The van der Waals surface area contributed by atoms with Crippen molar-refractivity contribution < 1.29 is 18.1 Å². The van der Waals surface area contributed by atoms with Gasteiger partial charge in [-0.15, -0.1) is 0 Å². The largest absolute Gasteiger partial charge is 0.474 e. The smallest absolute Gasteiger partial charge is 0.287 e. The number of hydrogen-bond acceptors (Lipinski definition) is 4. The van der Waals surface area contributed by atoms with Gasteiger partial charge in [-0.05, 0) is 19.3 Å². The number of hydrogen-bond donors (Lipinski definition) is 0. The Kier molecular flexibility index (Phi) is 37.7. The number of unbranched alkanes of at least 4 members (excludes halogenated alkanes) is 30. The molecule has 0 fully saturated rings. The van der Waals surface area contributed by atoms with E-state index < -0.39 is 7.82 Å². The van der Waals surface area contributed by atoms with Gasteiger partial charge in [-0.3, -0.25) is 13.6 Å². The molecule has 0 heterocycles. The average Bonchev–Trinajstić information content (AvgIpc) is 3.02. The minimum absolute atomic E-state index is 0.477. The molecule has 0 amide bonds. The maximum absolute atomic E-state index is 13.4. The molecule has 0 aromatic rings. The van der Waals surface area contributed by atoms with Crippen molar-refractivity contribution in [1.82, 2.24) is 0 Å². The van der Waals surface area contributed by atoms with Crippen molar-refractivity contribution >= 4 is 7.82 Å². The fourth-order valence-corrected chi connectivity index (χ4v) is 7.22. The lowest BCUT2D eigenvalue weighted by Crippen LogP contribution is -2.04. The highest BCUT2D eigenvalue weighted by Gasteiger charge is 2.26. The second-order valence-corrected chi connectivity index (χ2v) is 15.2. The molecule has 0 aliphatic rings. The van der Waals surface area contributed by atoms with Crippen molar-refractivity contribution in [3.05, 3.63) is 0 Å². The summed E-state index contributed by atoms with van der Waals surface area (Å²) in [5, 5.41) is 0. The first-order chi connectivity index (χ1) is 21.7. The van der Waals surface area contributed by atoms with Crippen molar-refractivity contribution in [2.24, 2.45) is 0 Å². The minimum atomic E-state index is -3.46. The van der Waals surface area contributed by atoms with Crippen molar-refractivity contribution in [3.63, 3.8) is 0 Å². The third kappa shape index (κ3) is 35.0. The van der Waals surface area contributed by atoms with E-state index in [9.17, 15) is 4.57 Å². The van der Waals surface area contributed by atoms with Crippen molar-refractivity contribution in [1.29, 1.82) is 0 Å². The molecule has 0 radical (unpaired) electrons. The molecule has 5 heteroatoms. The first-order valence-electron chi connectivity index (χ1n) is 20.2. The monoisotopic (exact) mass is 645 g/mol. The SMILES string of the molecule is CCCCCCCCCCCCCOP(=O)(OCCCCCCCCCCCCC)OCCCCCCCCCCCCC. The lowest BCUT2D eigenvalue weighted by Gasteiger charge is -2.18. The zero-order chi connectivity index (χ0) is 32.1. The highest BCUT2D eigenvalue weighted by Crippen LogP contribution is 2.50. The van der Waals surface area contributed by atoms with E-state index in [2.05, 4.69) is 20.8 Å². The molecule has 0 N–H and O–H groups in total. The van der Waals surface area contributed by atoms with E-state index in [0.717, 1.165) is 38.5 Å². The van der Waals surface area contributed by atoms with Gasteiger partial charge < -0.3 is 0 Å². The van der Waals surface area contributed by atoms with Crippen LogP contribution in [0.5, 0.6) is 0 Å². The Labute approximate surface area is 277 Å². The Bertz CT molecular complexity index is 494. The molecule has 0 spiro atoms. The van der Waals surface area contributed by atoms with E-state index >= 15 is 0 Å². The zero-order valence-corrected chi connectivity index (χ0v) is 31.4. The van der Waals surface area contributed by atoms with Crippen LogP contribution in [0.25, 0.3) is 0 Å². The number of phosphoric acid groups is 1. The van der Waals surface area contributed by atoms with Crippen LogP contribution in [0.2, 0.25) is 0 Å². The summed E-state index contributed by atoms with van der Waals surface area (Å²) in [6, 6.07) is 0. The van der Waals surface area contributed by atoms with Crippen LogP contribution >= 0.6 is 7.82 Å². The lowest BCUT2D eigenvalue weighted by atomic mass is 10.1. The highest BCUT2D eigenvalue weighted by molar-refractivity contribution is 7.48. The maximum atomic E-state index is 13.4. The highest BCUT2D eigenvalue weighted by atomic mass is 31.2. The summed E-state index contributed by atoms with van der Waals surface area (Å²) in [4.78, 5) is 0. The van der Waals surface area contributed by atoms with Crippen LogP contribution in [-0.2, 0) is 18.1 Å². The third-order valence-electron chi connectivity index (χ3n) is 8.99. The fraction of sp³-hybridized carbons (Fsp3) is 1.00. The minimum Gasteiger partial charge on any atom is -0.287 e. The second kappa shape index (κ2) is 37.6. The normalized spacial score (nSPS) is 12.0. The van der Waals surface area contributed by atoms with Gasteiger partial charge in [0, 0.05) is 0 Å². The Hall–Kier alpha value is 0.110. The summed E-state index contributed by atoms with van der Waals surface area (Å²) in [6.07, 6.45) is 42.6. The molecule has 44 heavy (non-hydrogen) atoms. The molecule has 0 atom stereocenters. The molecule has 0 rings (SSSR count). The van der Waals surface area contributed by atoms with Gasteiger partial charge in [0.25, 0.3) is 0 Å². The van der Waals surface area contributed by atoms with Gasteiger partial charge >= 0.3 is 7.82 Å². The second-order valence-electron chi connectivity index (χ2n) is 13.6. The standard InChI is InChI=1S/C39H81O4P/c1-4-7-10-13-16-19-22-25-28-31-34-37-41-44(40,42-38-35-32-29-26-23-20-17-14-11-8-5-2)43-39-36-33-30-27-24-21-18-15-12-9-6-3/h4-39H2,1-3H3. The Morgan fingerprint density at radius 3 is 0.614 bits per heavy atom. The molecule has 4 nitrogen and oxygen atoms in total. The van der Waals surface area contributed by atoms with Gasteiger partial charge in [0.15, 0.2) is 0 Å². The van der Waals surface area contributed by atoms with Crippen LogP contribution < -0.4 is 0 Å². The molecular weight excluding hydrogens is 563 g/mol. The van der Waals surface area contributed by atoms with Gasteiger partial charge in [0.2, 0.25) is 0 Å². The summed E-state index contributed by atoms with van der Waals surface area (Å²) >= 11 is 0. The van der Waals surface area contributed by atoms with Gasteiger partial charge in [-0.25, -0.2) is 4.57 Å². The molecule has 0 saturated heterocycles. The summed E-state index contributed by atoms with van der Waals surface area (Å²) in [5.41, 5.74) is 0.